The van der Waals surface area contributed by atoms with E-state index in [1.165, 1.54) is 59.9 Å². The summed E-state index contributed by atoms with van der Waals surface area (Å²) in [5.74, 6) is 5.23. The van der Waals surface area contributed by atoms with Gasteiger partial charge in [0.15, 0.2) is 0 Å². The van der Waals surface area contributed by atoms with Crippen molar-refractivity contribution >= 4 is 5.57 Å². The van der Waals surface area contributed by atoms with Gasteiger partial charge in [-0.05, 0) is 90.7 Å². The van der Waals surface area contributed by atoms with E-state index in [0.29, 0.717) is 17.8 Å². The number of rotatable bonds is 7. The van der Waals surface area contributed by atoms with Crippen LogP contribution in [0.2, 0.25) is 0 Å². The fraction of sp³-hybridized carbons (Fsp3) is 0.375. The maximum Gasteiger partial charge on any atom is 0.0242 e. The van der Waals surface area contributed by atoms with Gasteiger partial charge in [-0.2, -0.15) is 0 Å². The molecule has 0 radical (unpaired) electrons. The van der Waals surface area contributed by atoms with Gasteiger partial charge in [0.25, 0.3) is 0 Å². The molecule has 0 nitrogen and oxygen atoms in total. The predicted octanol–water partition coefficient (Wildman–Crippen LogP) is 8.36. The second-order valence-corrected chi connectivity index (χ2v) is 9.78. The summed E-state index contributed by atoms with van der Waals surface area (Å²) in [5.41, 5.74) is 7.91. The first-order valence-electron chi connectivity index (χ1n) is 12.3. The molecule has 0 heteroatoms. The number of hydrogen-bond donors (Lipinski definition) is 0. The van der Waals surface area contributed by atoms with Crippen molar-refractivity contribution in [2.24, 2.45) is 17.8 Å². The van der Waals surface area contributed by atoms with Crippen LogP contribution in [0, 0.1) is 30.1 Å². The van der Waals surface area contributed by atoms with Crippen LogP contribution >= 0.6 is 0 Å². The lowest BCUT2D eigenvalue weighted by molar-refractivity contribution is 0.252. The molecule has 2 aromatic carbocycles. The van der Waals surface area contributed by atoms with Crippen LogP contribution in [0.4, 0.5) is 0 Å². The topological polar surface area (TPSA) is 0 Å². The summed E-state index contributed by atoms with van der Waals surface area (Å²) >= 11 is 0. The number of allylic oxidation sites excluding steroid dienone is 5. The molecule has 2 aliphatic carbocycles. The quantitative estimate of drug-likeness (QED) is 0.312. The van der Waals surface area contributed by atoms with Gasteiger partial charge < -0.3 is 0 Å². The standard InChI is InChI=1S/C32H36/c1-5-24(4)32(30-19-17-28(18-20-30)31-14-7-23(3)21-31)29-15-12-27(13-16-29)22-26-10-8-25(6-2)9-11-26/h2,7-11,14,17-21,23,27,29,32H,4-5,12-13,15-16,22H2,1,3H3. The van der Waals surface area contributed by atoms with E-state index in [4.69, 9.17) is 6.42 Å². The number of hydrogen-bond acceptors (Lipinski definition) is 0. The Kier molecular flexibility index (Phi) is 7.16. The molecule has 0 aromatic heterocycles. The Morgan fingerprint density at radius 3 is 2.28 bits per heavy atom. The van der Waals surface area contributed by atoms with Crippen LogP contribution < -0.4 is 0 Å². The highest BCUT2D eigenvalue weighted by Crippen LogP contribution is 2.43. The van der Waals surface area contributed by atoms with Crippen molar-refractivity contribution in [3.63, 3.8) is 0 Å². The molecule has 2 aliphatic rings. The van der Waals surface area contributed by atoms with Gasteiger partial charge in [0, 0.05) is 11.5 Å². The first-order valence-corrected chi connectivity index (χ1v) is 12.3. The molecule has 1 saturated carbocycles. The van der Waals surface area contributed by atoms with Crippen LogP contribution in [0.1, 0.15) is 74.1 Å². The molecular formula is C32H36. The fourth-order valence-corrected chi connectivity index (χ4v) is 5.58. The van der Waals surface area contributed by atoms with Crippen molar-refractivity contribution in [3.05, 3.63) is 101 Å². The summed E-state index contributed by atoms with van der Waals surface area (Å²) in [5, 5.41) is 0. The van der Waals surface area contributed by atoms with E-state index < -0.39 is 0 Å². The van der Waals surface area contributed by atoms with Crippen LogP contribution in [-0.4, -0.2) is 0 Å². The fourth-order valence-electron chi connectivity index (χ4n) is 5.58. The van der Waals surface area contributed by atoms with Gasteiger partial charge in [-0.1, -0.05) is 86.5 Å². The molecular weight excluding hydrogens is 384 g/mol. The SMILES string of the molecule is C#Cc1ccc(CC2CCC(C(C(=C)CC)c3ccc(C4=CC(C)C=C4)cc3)CC2)cc1. The Bertz CT molecular complexity index is 1010. The van der Waals surface area contributed by atoms with Crippen molar-refractivity contribution in [3.8, 4) is 12.3 Å². The van der Waals surface area contributed by atoms with E-state index in [1.54, 1.807) is 0 Å². The summed E-state index contributed by atoms with van der Waals surface area (Å²) in [6, 6.07) is 17.9. The van der Waals surface area contributed by atoms with Gasteiger partial charge in [0.05, 0.1) is 0 Å². The molecule has 0 spiro atoms. The van der Waals surface area contributed by atoms with Gasteiger partial charge in [0.2, 0.25) is 0 Å². The Labute approximate surface area is 195 Å². The van der Waals surface area contributed by atoms with Gasteiger partial charge in [-0.3, -0.25) is 0 Å². The Balaban J connectivity index is 1.42. The molecule has 0 aliphatic heterocycles. The maximum absolute atomic E-state index is 5.49. The highest BCUT2D eigenvalue weighted by atomic mass is 14.3. The van der Waals surface area contributed by atoms with Crippen molar-refractivity contribution in [2.75, 3.05) is 0 Å². The van der Waals surface area contributed by atoms with E-state index in [0.717, 1.165) is 17.9 Å². The molecule has 0 heterocycles. The number of benzene rings is 2. The van der Waals surface area contributed by atoms with Gasteiger partial charge >= 0.3 is 0 Å². The molecule has 0 saturated heterocycles. The van der Waals surface area contributed by atoms with Gasteiger partial charge in [0.1, 0.15) is 0 Å². The average molecular weight is 421 g/mol. The summed E-state index contributed by atoms with van der Waals surface area (Å²) in [7, 11) is 0. The molecule has 32 heavy (non-hydrogen) atoms. The average Bonchev–Trinajstić information content (AvgIpc) is 3.27. The minimum atomic E-state index is 0.483. The van der Waals surface area contributed by atoms with E-state index in [-0.39, 0.29) is 0 Å². The van der Waals surface area contributed by atoms with Crippen LogP contribution in [0.15, 0.2) is 78.9 Å². The molecule has 2 atom stereocenters. The Hall–Kier alpha value is -2.78. The summed E-state index contributed by atoms with van der Waals surface area (Å²) in [6.45, 7) is 8.99. The third-order valence-electron chi connectivity index (χ3n) is 7.53. The maximum atomic E-state index is 5.49. The van der Waals surface area contributed by atoms with Crippen LogP contribution in [0.5, 0.6) is 0 Å². The van der Waals surface area contributed by atoms with E-state index in [2.05, 4.69) is 93.1 Å². The van der Waals surface area contributed by atoms with Crippen LogP contribution in [-0.2, 0) is 6.42 Å². The smallest absolute Gasteiger partial charge is 0.0242 e. The van der Waals surface area contributed by atoms with Crippen molar-refractivity contribution in [1.82, 2.24) is 0 Å². The zero-order valence-electron chi connectivity index (χ0n) is 19.7. The highest BCUT2D eigenvalue weighted by Gasteiger charge is 2.30. The van der Waals surface area contributed by atoms with Crippen LogP contribution in [0.25, 0.3) is 5.57 Å². The number of terminal acetylenes is 1. The van der Waals surface area contributed by atoms with E-state index >= 15 is 0 Å². The summed E-state index contributed by atoms with van der Waals surface area (Å²) in [4.78, 5) is 0. The van der Waals surface area contributed by atoms with E-state index in [9.17, 15) is 0 Å². The molecule has 0 amide bonds. The first-order chi connectivity index (χ1) is 15.6. The lowest BCUT2D eigenvalue weighted by Crippen LogP contribution is -2.22. The van der Waals surface area contributed by atoms with Crippen molar-refractivity contribution < 1.29 is 0 Å². The molecule has 1 fully saturated rings. The van der Waals surface area contributed by atoms with Crippen LogP contribution in [0.3, 0.4) is 0 Å². The molecule has 2 unspecified atom stereocenters. The first kappa shape index (κ1) is 22.4. The lowest BCUT2D eigenvalue weighted by Gasteiger charge is -2.35. The second-order valence-electron chi connectivity index (χ2n) is 9.78. The lowest BCUT2D eigenvalue weighted by atomic mass is 9.69. The third kappa shape index (κ3) is 5.16. The van der Waals surface area contributed by atoms with Gasteiger partial charge in [-0.15, -0.1) is 6.42 Å². The summed E-state index contributed by atoms with van der Waals surface area (Å²) in [6.07, 6.45) is 19.8. The predicted molar refractivity (Wildman–Crippen MR) is 138 cm³/mol. The van der Waals surface area contributed by atoms with Crippen molar-refractivity contribution in [1.29, 1.82) is 0 Å². The molecule has 4 rings (SSSR count). The minimum Gasteiger partial charge on any atom is -0.115 e. The molecule has 0 bridgehead atoms. The van der Waals surface area contributed by atoms with E-state index in [1.807, 2.05) is 0 Å². The molecule has 0 N–H and O–H groups in total. The zero-order chi connectivity index (χ0) is 22.5. The zero-order valence-corrected chi connectivity index (χ0v) is 19.7. The Morgan fingerprint density at radius 1 is 1.03 bits per heavy atom. The largest absolute Gasteiger partial charge is 0.115 e. The second kappa shape index (κ2) is 10.2. The monoisotopic (exact) mass is 420 g/mol. The van der Waals surface area contributed by atoms with Crippen molar-refractivity contribution in [2.45, 2.75) is 58.3 Å². The Morgan fingerprint density at radius 2 is 1.72 bits per heavy atom. The molecule has 164 valence electrons. The minimum absolute atomic E-state index is 0.483. The highest BCUT2D eigenvalue weighted by molar-refractivity contribution is 5.76. The third-order valence-corrected chi connectivity index (χ3v) is 7.53. The normalized spacial score (nSPS) is 23.4. The summed E-state index contributed by atoms with van der Waals surface area (Å²) < 4.78 is 0. The van der Waals surface area contributed by atoms with Gasteiger partial charge in [-0.25, -0.2) is 0 Å². The molecule has 2 aromatic rings.